The van der Waals surface area contributed by atoms with E-state index >= 15 is 0 Å². The summed E-state index contributed by atoms with van der Waals surface area (Å²) in [5, 5.41) is 7.82. The number of ether oxygens (including phenoxy) is 1. The van der Waals surface area contributed by atoms with Gasteiger partial charge in [0.1, 0.15) is 5.75 Å². The lowest BCUT2D eigenvalue weighted by Gasteiger charge is -2.07. The maximum absolute atomic E-state index is 5.25. The first-order valence-corrected chi connectivity index (χ1v) is 6.26. The smallest absolute Gasteiger partial charge is 0.119 e. The lowest BCUT2D eigenvalue weighted by molar-refractivity contribution is 0.415. The van der Waals surface area contributed by atoms with Gasteiger partial charge in [-0.3, -0.25) is 4.68 Å². The van der Waals surface area contributed by atoms with Crippen molar-refractivity contribution in [2.45, 2.75) is 12.5 Å². The molecule has 18 heavy (non-hydrogen) atoms. The molecule has 2 heterocycles. The van der Waals surface area contributed by atoms with Crippen molar-refractivity contribution in [1.29, 1.82) is 0 Å². The summed E-state index contributed by atoms with van der Waals surface area (Å²) in [4.78, 5) is 0. The Morgan fingerprint density at radius 1 is 1.39 bits per heavy atom. The van der Waals surface area contributed by atoms with Crippen molar-refractivity contribution >= 4 is 0 Å². The highest BCUT2D eigenvalue weighted by Crippen LogP contribution is 2.25. The van der Waals surface area contributed by atoms with E-state index in [-0.39, 0.29) is 0 Å². The average molecular weight is 243 g/mol. The van der Waals surface area contributed by atoms with Gasteiger partial charge in [0.2, 0.25) is 0 Å². The number of aromatic nitrogens is 2. The molecule has 1 aromatic carbocycles. The van der Waals surface area contributed by atoms with Gasteiger partial charge in [-0.2, -0.15) is 5.10 Å². The Morgan fingerprint density at radius 3 is 3.11 bits per heavy atom. The Balaban J connectivity index is 1.87. The van der Waals surface area contributed by atoms with Crippen LogP contribution in [0.3, 0.4) is 0 Å². The van der Waals surface area contributed by atoms with Crippen LogP contribution < -0.4 is 10.1 Å². The van der Waals surface area contributed by atoms with E-state index in [1.807, 2.05) is 24.4 Å². The zero-order valence-corrected chi connectivity index (χ0v) is 10.5. The van der Waals surface area contributed by atoms with Gasteiger partial charge in [-0.1, -0.05) is 12.1 Å². The van der Waals surface area contributed by atoms with E-state index in [2.05, 4.69) is 27.4 Å². The molecule has 1 unspecified atom stereocenters. The van der Waals surface area contributed by atoms with E-state index in [9.17, 15) is 0 Å². The maximum atomic E-state index is 5.25. The van der Waals surface area contributed by atoms with E-state index in [0.717, 1.165) is 36.4 Å². The molecule has 0 amide bonds. The molecule has 4 nitrogen and oxygen atoms in total. The molecule has 1 fully saturated rings. The van der Waals surface area contributed by atoms with E-state index in [0.29, 0.717) is 6.04 Å². The second kappa shape index (κ2) is 4.82. The van der Waals surface area contributed by atoms with Crippen molar-refractivity contribution < 1.29 is 4.74 Å². The SMILES string of the molecule is COc1cccc(-c2cnn(C3CCNC3)c2)c1. The monoisotopic (exact) mass is 243 g/mol. The molecule has 1 aromatic heterocycles. The fourth-order valence-electron chi connectivity index (χ4n) is 2.35. The van der Waals surface area contributed by atoms with Gasteiger partial charge in [0.25, 0.3) is 0 Å². The molecule has 2 aromatic rings. The fraction of sp³-hybridized carbons (Fsp3) is 0.357. The van der Waals surface area contributed by atoms with Crippen LogP contribution >= 0.6 is 0 Å². The van der Waals surface area contributed by atoms with Crippen LogP contribution in [0.5, 0.6) is 5.75 Å². The standard InChI is InChI=1S/C14H17N3O/c1-18-14-4-2-3-11(7-14)12-8-16-17(10-12)13-5-6-15-9-13/h2-4,7-8,10,13,15H,5-6,9H2,1H3. The fourth-order valence-corrected chi connectivity index (χ4v) is 2.35. The maximum Gasteiger partial charge on any atom is 0.119 e. The largest absolute Gasteiger partial charge is 0.497 e. The van der Waals surface area contributed by atoms with Crippen molar-refractivity contribution in [3.05, 3.63) is 36.7 Å². The van der Waals surface area contributed by atoms with Gasteiger partial charge in [0.15, 0.2) is 0 Å². The number of nitrogens with one attached hydrogen (secondary N) is 1. The van der Waals surface area contributed by atoms with Gasteiger partial charge in [-0.05, 0) is 30.7 Å². The average Bonchev–Trinajstić information content (AvgIpc) is 3.09. The van der Waals surface area contributed by atoms with Gasteiger partial charge < -0.3 is 10.1 Å². The van der Waals surface area contributed by atoms with E-state index in [1.54, 1.807) is 7.11 Å². The summed E-state index contributed by atoms with van der Waals surface area (Å²) < 4.78 is 7.31. The predicted molar refractivity (Wildman–Crippen MR) is 70.7 cm³/mol. The molecular formula is C14H17N3O. The first-order chi connectivity index (χ1) is 8.86. The van der Waals surface area contributed by atoms with Crippen LogP contribution in [0.2, 0.25) is 0 Å². The molecule has 1 atom stereocenters. The first kappa shape index (κ1) is 11.3. The second-order valence-electron chi connectivity index (χ2n) is 4.59. The molecule has 1 aliphatic rings. The van der Waals surface area contributed by atoms with Crippen LogP contribution in [-0.4, -0.2) is 30.0 Å². The minimum Gasteiger partial charge on any atom is -0.497 e. The third-order valence-electron chi connectivity index (χ3n) is 3.41. The number of benzene rings is 1. The molecule has 1 saturated heterocycles. The topological polar surface area (TPSA) is 39.1 Å². The highest BCUT2D eigenvalue weighted by molar-refractivity contribution is 5.63. The summed E-state index contributed by atoms with van der Waals surface area (Å²) in [6.45, 7) is 2.10. The van der Waals surface area contributed by atoms with Crippen molar-refractivity contribution in [2.24, 2.45) is 0 Å². The zero-order valence-electron chi connectivity index (χ0n) is 10.5. The van der Waals surface area contributed by atoms with E-state index in [4.69, 9.17) is 4.74 Å². The quantitative estimate of drug-likeness (QED) is 0.897. The third kappa shape index (κ3) is 2.11. The molecule has 0 bridgehead atoms. The molecule has 0 saturated carbocycles. The minimum atomic E-state index is 0.490. The molecule has 1 N–H and O–H groups in total. The second-order valence-corrected chi connectivity index (χ2v) is 4.59. The highest BCUT2D eigenvalue weighted by atomic mass is 16.5. The van der Waals surface area contributed by atoms with Gasteiger partial charge in [-0.25, -0.2) is 0 Å². The Kier molecular flexibility index (Phi) is 3.02. The van der Waals surface area contributed by atoms with Crippen LogP contribution in [0.25, 0.3) is 11.1 Å². The van der Waals surface area contributed by atoms with Crippen molar-refractivity contribution in [3.63, 3.8) is 0 Å². The van der Waals surface area contributed by atoms with Crippen LogP contribution in [0, 0.1) is 0 Å². The molecule has 3 rings (SSSR count). The lowest BCUT2D eigenvalue weighted by Crippen LogP contribution is -2.13. The highest BCUT2D eigenvalue weighted by Gasteiger charge is 2.17. The molecule has 0 radical (unpaired) electrons. The Bertz CT molecular complexity index is 529. The summed E-state index contributed by atoms with van der Waals surface area (Å²) in [5.41, 5.74) is 2.28. The van der Waals surface area contributed by atoms with Gasteiger partial charge in [0, 0.05) is 18.3 Å². The Labute approximate surface area is 107 Å². The molecule has 0 spiro atoms. The van der Waals surface area contributed by atoms with Gasteiger partial charge in [0.05, 0.1) is 19.3 Å². The number of rotatable bonds is 3. The summed E-state index contributed by atoms with van der Waals surface area (Å²) in [7, 11) is 1.69. The van der Waals surface area contributed by atoms with Crippen LogP contribution in [0.1, 0.15) is 12.5 Å². The van der Waals surface area contributed by atoms with Crippen LogP contribution in [-0.2, 0) is 0 Å². The van der Waals surface area contributed by atoms with Gasteiger partial charge in [-0.15, -0.1) is 0 Å². The van der Waals surface area contributed by atoms with Crippen molar-refractivity contribution in [2.75, 3.05) is 20.2 Å². The molecule has 4 heteroatoms. The number of methoxy groups -OCH3 is 1. The van der Waals surface area contributed by atoms with E-state index in [1.165, 1.54) is 0 Å². The molecule has 0 aliphatic carbocycles. The van der Waals surface area contributed by atoms with Crippen LogP contribution in [0.4, 0.5) is 0 Å². The lowest BCUT2D eigenvalue weighted by atomic mass is 10.1. The normalized spacial score (nSPS) is 19.1. The minimum absolute atomic E-state index is 0.490. The number of nitrogens with zero attached hydrogens (tertiary/aromatic N) is 2. The molecular weight excluding hydrogens is 226 g/mol. The molecule has 1 aliphatic heterocycles. The van der Waals surface area contributed by atoms with Crippen molar-refractivity contribution in [1.82, 2.24) is 15.1 Å². The van der Waals surface area contributed by atoms with Crippen molar-refractivity contribution in [3.8, 4) is 16.9 Å². The predicted octanol–water partition coefficient (Wildman–Crippen LogP) is 2.09. The summed E-state index contributed by atoms with van der Waals surface area (Å²) in [6, 6.07) is 8.56. The molecule has 94 valence electrons. The summed E-state index contributed by atoms with van der Waals surface area (Å²) >= 11 is 0. The Morgan fingerprint density at radius 2 is 2.33 bits per heavy atom. The third-order valence-corrected chi connectivity index (χ3v) is 3.41. The summed E-state index contributed by atoms with van der Waals surface area (Å²) in [5.74, 6) is 0.878. The number of hydrogen-bond acceptors (Lipinski definition) is 3. The van der Waals surface area contributed by atoms with E-state index < -0.39 is 0 Å². The summed E-state index contributed by atoms with van der Waals surface area (Å²) in [6.07, 6.45) is 5.19. The first-order valence-electron chi connectivity index (χ1n) is 6.26. The Hall–Kier alpha value is -1.81. The van der Waals surface area contributed by atoms with Crippen LogP contribution in [0.15, 0.2) is 36.7 Å². The number of hydrogen-bond donors (Lipinski definition) is 1. The van der Waals surface area contributed by atoms with Gasteiger partial charge >= 0.3 is 0 Å². The zero-order chi connectivity index (χ0) is 12.4.